The summed E-state index contributed by atoms with van der Waals surface area (Å²) in [6, 6.07) is 3.38. The number of ether oxygens (including phenoxy) is 5. The van der Waals surface area contributed by atoms with E-state index in [0.717, 1.165) is 18.2 Å². The van der Waals surface area contributed by atoms with Crippen LogP contribution in [0.1, 0.15) is 74.7 Å². The molecule has 0 saturated carbocycles. The Morgan fingerprint density at radius 3 is 2.43 bits per heavy atom. The van der Waals surface area contributed by atoms with Crippen LogP contribution in [-0.2, 0) is 49.4 Å². The number of halogens is 1. The van der Waals surface area contributed by atoms with Crippen LogP contribution in [0, 0.1) is 23.7 Å². The van der Waals surface area contributed by atoms with Crippen LogP contribution >= 0.6 is 11.8 Å². The van der Waals surface area contributed by atoms with E-state index < -0.39 is 88.1 Å². The molecule has 5 heterocycles. The lowest BCUT2D eigenvalue weighted by Crippen LogP contribution is -2.61. The molecular formula is C42H61FN4O10S. The smallest absolute Gasteiger partial charge is 0.351 e. The molecule has 322 valence electrons. The first-order valence-corrected chi connectivity index (χ1v) is 21.2. The summed E-state index contributed by atoms with van der Waals surface area (Å²) in [6.45, 7) is 13.1. The number of ketones is 2. The van der Waals surface area contributed by atoms with Crippen LogP contribution in [0.5, 0.6) is 0 Å². The molecule has 14 nitrogen and oxygen atoms in total. The normalized spacial score (nSPS) is 39.2. The Balaban J connectivity index is 1.49. The highest BCUT2D eigenvalue weighted by Gasteiger charge is 2.62. The van der Waals surface area contributed by atoms with Crippen molar-refractivity contribution in [3.05, 3.63) is 37.1 Å². The molecular weight excluding hydrogens is 772 g/mol. The van der Waals surface area contributed by atoms with Crippen LogP contribution in [0.25, 0.3) is 11.3 Å². The number of carbonyl (C=O) groups is 4. The van der Waals surface area contributed by atoms with Crippen LogP contribution in [0.2, 0.25) is 0 Å². The zero-order valence-corrected chi connectivity index (χ0v) is 36.4. The van der Waals surface area contributed by atoms with E-state index in [4.69, 9.17) is 23.7 Å². The maximum absolute atomic E-state index is 16.9. The fourth-order valence-electron chi connectivity index (χ4n) is 9.18. The van der Waals surface area contributed by atoms with Crippen molar-refractivity contribution < 1.29 is 52.4 Å². The second kappa shape index (κ2) is 18.1. The molecule has 14 atom stereocenters. The molecule has 0 aromatic carbocycles. The summed E-state index contributed by atoms with van der Waals surface area (Å²) in [4.78, 5) is 67.3. The van der Waals surface area contributed by atoms with Gasteiger partial charge in [0.25, 0.3) is 5.67 Å². The number of carbonyl (C=O) groups excluding carboxylic acids is 4. The highest BCUT2D eigenvalue weighted by Crippen LogP contribution is 2.49. The fraction of sp³-hybridized carbons (Fsp3) is 0.714. The molecule has 1 N–H and O–H groups in total. The molecule has 3 saturated heterocycles. The lowest BCUT2D eigenvalue weighted by Gasteiger charge is -2.47. The fourth-order valence-corrected chi connectivity index (χ4v) is 10.7. The number of Topliss-reactive ketones (excluding diaryl/α,β-unsaturated/α-hetero) is 2. The number of methoxy groups -OCH3 is 1. The van der Waals surface area contributed by atoms with E-state index >= 15 is 4.39 Å². The molecule has 5 rings (SSSR count). The zero-order valence-electron chi connectivity index (χ0n) is 35.5. The Bertz CT molecular complexity index is 1780. The number of likely N-dealkylation sites (N-methyl/N-ethyl adjacent to an activating group) is 1. The minimum Gasteiger partial charge on any atom is -0.455 e. The maximum Gasteiger partial charge on any atom is 0.351 e. The Labute approximate surface area is 345 Å². The van der Waals surface area contributed by atoms with Crippen LogP contribution in [0.3, 0.4) is 0 Å². The van der Waals surface area contributed by atoms with Crippen LogP contribution in [0.4, 0.5) is 4.39 Å². The lowest BCUT2D eigenvalue weighted by atomic mass is 9.70. The minimum absolute atomic E-state index is 0.00500. The number of aliphatic hydroxyl groups is 1. The Morgan fingerprint density at radius 1 is 1.10 bits per heavy atom. The van der Waals surface area contributed by atoms with Gasteiger partial charge in [-0.1, -0.05) is 27.7 Å². The quantitative estimate of drug-likeness (QED) is 0.259. The number of rotatable bonds is 10. The number of aromatic nitrogens is 3. The number of esters is 2. The zero-order chi connectivity index (χ0) is 42.9. The molecule has 0 bridgehead atoms. The predicted molar refractivity (Wildman–Crippen MR) is 214 cm³/mol. The molecule has 0 radical (unpaired) electrons. The van der Waals surface area contributed by atoms with E-state index in [1.807, 2.05) is 48.8 Å². The molecule has 3 aliphatic rings. The molecule has 16 heteroatoms. The highest BCUT2D eigenvalue weighted by molar-refractivity contribution is 8.00. The van der Waals surface area contributed by atoms with Gasteiger partial charge in [0.05, 0.1) is 29.8 Å². The maximum atomic E-state index is 16.9. The van der Waals surface area contributed by atoms with Gasteiger partial charge >= 0.3 is 11.9 Å². The summed E-state index contributed by atoms with van der Waals surface area (Å²) >= 11 is 1.33. The standard InChI is InChI=1S/C42H61FN4O10S/c1-12-30-42(8)31(34(37(51)57-42)58-17-16-47-21-28(45-22-47)27-14-13-15-44-20-27)25(4)32(48)23(2)19-40(6,53-11)36(26(5)35(50)41(7,43)39(52)55-30)56-38-33(49)29(46(9)10)18-24(3)54-38/h13-15,20-26,29-31,33-34,36,38,49H,12,16-19H2,1-11H3/t23-,24-,25-,26+,29+,30-,31-,33-,34?,36-,38+,40-,41+,42-/m1/s1. The summed E-state index contributed by atoms with van der Waals surface area (Å²) in [5.74, 6) is -6.65. The van der Waals surface area contributed by atoms with Crippen molar-refractivity contribution in [1.82, 2.24) is 19.4 Å². The monoisotopic (exact) mass is 832 g/mol. The number of nitrogens with zero attached hydrogens (tertiary/aromatic N) is 4. The second-order valence-electron chi connectivity index (χ2n) is 17.1. The Morgan fingerprint density at radius 2 is 1.81 bits per heavy atom. The first-order chi connectivity index (χ1) is 27.2. The van der Waals surface area contributed by atoms with Gasteiger partial charge < -0.3 is 38.3 Å². The number of alkyl halides is 1. The third-order valence-corrected chi connectivity index (χ3v) is 13.8. The molecule has 1 unspecified atom stereocenters. The van der Waals surface area contributed by atoms with Crippen molar-refractivity contribution in [3.8, 4) is 11.3 Å². The van der Waals surface area contributed by atoms with E-state index in [1.165, 1.54) is 25.8 Å². The van der Waals surface area contributed by atoms with Gasteiger partial charge in [-0.15, -0.1) is 11.8 Å². The van der Waals surface area contributed by atoms with Gasteiger partial charge in [0, 0.05) is 73.3 Å². The molecule has 0 aliphatic carbocycles. The molecule has 2 aromatic heterocycles. The van der Waals surface area contributed by atoms with E-state index in [0.29, 0.717) is 18.7 Å². The molecule has 58 heavy (non-hydrogen) atoms. The van der Waals surface area contributed by atoms with E-state index in [9.17, 15) is 24.3 Å². The van der Waals surface area contributed by atoms with Gasteiger partial charge in [-0.25, -0.2) is 14.2 Å². The Kier molecular flexibility index (Phi) is 14.3. The van der Waals surface area contributed by atoms with Crippen molar-refractivity contribution in [3.63, 3.8) is 0 Å². The van der Waals surface area contributed by atoms with Crippen molar-refractivity contribution in [2.75, 3.05) is 27.0 Å². The summed E-state index contributed by atoms with van der Waals surface area (Å²) in [7, 11) is 5.05. The van der Waals surface area contributed by atoms with Crippen LogP contribution in [-0.4, -0.2) is 134 Å². The van der Waals surface area contributed by atoms with Crippen molar-refractivity contribution in [2.45, 2.75) is 140 Å². The van der Waals surface area contributed by atoms with Gasteiger partial charge in [-0.2, -0.15) is 0 Å². The number of thioether (sulfide) groups is 1. The number of hydrogen-bond acceptors (Lipinski definition) is 14. The molecule has 2 aromatic rings. The lowest BCUT2D eigenvalue weighted by molar-refractivity contribution is -0.295. The first-order valence-electron chi connectivity index (χ1n) is 20.1. The summed E-state index contributed by atoms with van der Waals surface area (Å²) in [5, 5.41) is 10.6. The number of aliphatic hydroxyl groups excluding tert-OH is 1. The van der Waals surface area contributed by atoms with Gasteiger partial charge in [0.1, 0.15) is 23.2 Å². The topological polar surface area (TPSA) is 169 Å². The van der Waals surface area contributed by atoms with Gasteiger partial charge in [0.2, 0.25) is 0 Å². The summed E-state index contributed by atoms with van der Waals surface area (Å²) in [6.07, 6.45) is 2.36. The Hall–Kier alpha value is -3.28. The SMILES string of the molecule is CC[C@H]1OC(=O)[C@@](C)(F)C(=O)[C@H](C)[C@@H](O[C@@H]2O[C@H](C)C[C@H](N(C)C)[C@H]2O)[C@](C)(OC)C[C@@H](C)C(=O)[C@H](C)[C@@H]2C(SCCn3cnc(-c4cccnc4)c3)C(=O)O[C@]12C. The molecule has 0 amide bonds. The van der Waals surface area contributed by atoms with Gasteiger partial charge in [-0.05, 0) is 73.2 Å². The molecule has 3 aliphatic heterocycles. The third-order valence-electron chi connectivity index (χ3n) is 12.6. The third kappa shape index (κ3) is 9.07. The van der Waals surface area contributed by atoms with Crippen molar-refractivity contribution in [1.29, 1.82) is 0 Å². The number of aryl methyl sites for hydroxylation is 1. The summed E-state index contributed by atoms with van der Waals surface area (Å²) < 4.78 is 49.4. The average Bonchev–Trinajstić information content (AvgIpc) is 3.76. The largest absolute Gasteiger partial charge is 0.455 e. The first kappa shape index (κ1) is 45.8. The number of fused-ring (bicyclic) bond motifs is 1. The number of hydrogen-bond donors (Lipinski definition) is 1. The van der Waals surface area contributed by atoms with Crippen molar-refractivity contribution in [2.24, 2.45) is 23.7 Å². The minimum atomic E-state index is -3.17. The van der Waals surface area contributed by atoms with Crippen molar-refractivity contribution >= 4 is 35.3 Å². The van der Waals surface area contributed by atoms with E-state index in [2.05, 4.69) is 9.97 Å². The number of imidazole rings is 1. The number of cyclic esters (lactones) is 1. The van der Waals surface area contributed by atoms with Crippen LogP contribution < -0.4 is 0 Å². The predicted octanol–water partition coefficient (Wildman–Crippen LogP) is 4.70. The molecule has 0 spiro atoms. The summed E-state index contributed by atoms with van der Waals surface area (Å²) in [5.41, 5.74) is -4.56. The van der Waals surface area contributed by atoms with Crippen LogP contribution in [0.15, 0.2) is 37.1 Å². The van der Waals surface area contributed by atoms with E-state index in [-0.39, 0.29) is 30.8 Å². The van der Waals surface area contributed by atoms with E-state index in [1.54, 1.807) is 53.3 Å². The second-order valence-corrected chi connectivity index (χ2v) is 18.3. The molecule has 3 fully saturated rings. The van der Waals surface area contributed by atoms with Gasteiger partial charge in [0.15, 0.2) is 17.7 Å². The number of pyridine rings is 1. The van der Waals surface area contributed by atoms with Gasteiger partial charge in [-0.3, -0.25) is 19.4 Å². The average molecular weight is 833 g/mol. The highest BCUT2D eigenvalue weighted by atomic mass is 32.2.